The van der Waals surface area contributed by atoms with Gasteiger partial charge in [-0.3, -0.25) is 14.3 Å². The lowest BCUT2D eigenvalue weighted by Gasteiger charge is -2.08. The van der Waals surface area contributed by atoms with Gasteiger partial charge in [0.25, 0.3) is 0 Å². The van der Waals surface area contributed by atoms with Gasteiger partial charge in [-0.2, -0.15) is 5.10 Å². The highest BCUT2D eigenvalue weighted by atomic mass is 35.5. The third-order valence-corrected chi connectivity index (χ3v) is 4.49. The highest BCUT2D eigenvalue weighted by molar-refractivity contribution is 6.29. The van der Waals surface area contributed by atoms with E-state index in [1.54, 1.807) is 12.1 Å². The van der Waals surface area contributed by atoms with Crippen LogP contribution in [0.25, 0.3) is 11.5 Å². The molecule has 0 spiro atoms. The summed E-state index contributed by atoms with van der Waals surface area (Å²) in [6, 6.07) is 7.35. The van der Waals surface area contributed by atoms with Crippen molar-refractivity contribution in [3.8, 4) is 11.5 Å². The van der Waals surface area contributed by atoms with Crippen molar-refractivity contribution in [3.05, 3.63) is 64.6 Å². The van der Waals surface area contributed by atoms with Gasteiger partial charge in [0.15, 0.2) is 23.4 Å². The molecule has 0 atom stereocenters. The summed E-state index contributed by atoms with van der Waals surface area (Å²) in [4.78, 5) is 32.0. The number of benzene rings is 1. The first kappa shape index (κ1) is 22.4. The van der Waals surface area contributed by atoms with Gasteiger partial charge in [-0.15, -0.1) is 0 Å². The first-order chi connectivity index (χ1) is 14.9. The van der Waals surface area contributed by atoms with Crippen LogP contribution < -0.4 is 5.73 Å². The lowest BCUT2D eigenvalue weighted by molar-refractivity contribution is -0.142. The molecule has 0 bridgehead atoms. The van der Waals surface area contributed by atoms with Crippen LogP contribution in [0.5, 0.6) is 0 Å². The van der Waals surface area contributed by atoms with E-state index in [1.807, 2.05) is 0 Å². The van der Waals surface area contributed by atoms with Crippen LogP contribution in [0.2, 0.25) is 5.15 Å². The Morgan fingerprint density at radius 1 is 1.19 bits per heavy atom. The van der Waals surface area contributed by atoms with Gasteiger partial charge in [-0.25, -0.2) is 18.7 Å². The third kappa shape index (κ3) is 5.68. The van der Waals surface area contributed by atoms with Crippen LogP contribution >= 0.6 is 11.6 Å². The molecule has 2 N–H and O–H groups in total. The lowest BCUT2D eigenvalue weighted by Crippen LogP contribution is -2.19. The number of ether oxygens (including phenoxy) is 1. The summed E-state index contributed by atoms with van der Waals surface area (Å²) in [6.45, 7) is -0.289. The van der Waals surface area contributed by atoms with Crippen molar-refractivity contribution in [3.63, 3.8) is 0 Å². The number of nitrogens with two attached hydrogens (primary N) is 1. The molecule has 1 aromatic carbocycles. The number of carbonyl (C=O) groups excluding carboxylic acids is 2. The molecule has 0 radical (unpaired) electrons. The van der Waals surface area contributed by atoms with Gasteiger partial charge in [0.05, 0.1) is 12.7 Å². The molecule has 2 aromatic heterocycles. The van der Waals surface area contributed by atoms with Gasteiger partial charge in [0.1, 0.15) is 17.2 Å². The van der Waals surface area contributed by atoms with Crippen molar-refractivity contribution in [2.45, 2.75) is 19.4 Å². The average Bonchev–Trinajstić information content (AvgIpc) is 3.18. The minimum atomic E-state index is -0.808. The first-order valence-corrected chi connectivity index (χ1v) is 9.65. The minimum absolute atomic E-state index is 0.0207. The third-order valence-electron chi connectivity index (χ3n) is 4.22. The van der Waals surface area contributed by atoms with Crippen molar-refractivity contribution in [2.75, 3.05) is 13.2 Å². The SMILES string of the molecule is NCCCC(=O)OCC(=O)c1cc(-c2ncc(F)c(Cl)n2)nn1Cc1ccccc1F. The zero-order chi connectivity index (χ0) is 22.4. The number of Topliss-reactive ketones (excluding diaryl/α,β-unsaturated/α-hetero) is 1. The monoisotopic (exact) mass is 449 g/mol. The molecule has 0 aliphatic carbocycles. The largest absolute Gasteiger partial charge is 0.457 e. The molecule has 2 heterocycles. The van der Waals surface area contributed by atoms with E-state index in [4.69, 9.17) is 22.1 Å². The number of esters is 1. The van der Waals surface area contributed by atoms with E-state index >= 15 is 0 Å². The maximum Gasteiger partial charge on any atom is 0.306 e. The summed E-state index contributed by atoms with van der Waals surface area (Å²) in [5, 5.41) is 3.84. The quantitative estimate of drug-likeness (QED) is 0.303. The van der Waals surface area contributed by atoms with Gasteiger partial charge in [0, 0.05) is 12.0 Å². The Hall–Kier alpha value is -3.24. The number of ketones is 1. The van der Waals surface area contributed by atoms with Crippen LogP contribution in [-0.4, -0.2) is 44.7 Å². The number of halogens is 3. The Morgan fingerprint density at radius 2 is 1.97 bits per heavy atom. The van der Waals surface area contributed by atoms with Gasteiger partial charge in [-0.1, -0.05) is 29.8 Å². The fraction of sp³-hybridized carbons (Fsp3) is 0.250. The molecule has 3 aromatic rings. The van der Waals surface area contributed by atoms with Crippen LogP contribution in [0.15, 0.2) is 36.5 Å². The van der Waals surface area contributed by atoms with E-state index in [1.165, 1.54) is 22.9 Å². The molecule has 0 saturated heterocycles. The Balaban J connectivity index is 1.90. The number of nitrogens with zero attached hydrogens (tertiary/aromatic N) is 4. The van der Waals surface area contributed by atoms with E-state index in [0.29, 0.717) is 13.0 Å². The fourth-order valence-electron chi connectivity index (χ4n) is 2.67. The first-order valence-electron chi connectivity index (χ1n) is 9.27. The molecule has 162 valence electrons. The summed E-state index contributed by atoms with van der Waals surface area (Å²) in [7, 11) is 0. The molecule has 11 heteroatoms. The number of rotatable bonds is 9. The Kier molecular flexibility index (Phi) is 7.37. The molecule has 8 nitrogen and oxygen atoms in total. The zero-order valence-electron chi connectivity index (χ0n) is 16.2. The van der Waals surface area contributed by atoms with E-state index < -0.39 is 35.1 Å². The summed E-state index contributed by atoms with van der Waals surface area (Å²) < 4.78 is 33.7. The Labute approximate surface area is 181 Å². The van der Waals surface area contributed by atoms with Gasteiger partial charge >= 0.3 is 5.97 Å². The highest BCUT2D eigenvalue weighted by Crippen LogP contribution is 2.20. The summed E-state index contributed by atoms with van der Waals surface area (Å²) in [5.74, 6) is -2.44. The van der Waals surface area contributed by atoms with Gasteiger partial charge in [-0.05, 0) is 25.1 Å². The van der Waals surface area contributed by atoms with Crippen molar-refractivity contribution in [1.29, 1.82) is 0 Å². The number of hydrogen-bond acceptors (Lipinski definition) is 7. The highest BCUT2D eigenvalue weighted by Gasteiger charge is 2.20. The second kappa shape index (κ2) is 10.2. The average molecular weight is 450 g/mol. The maximum absolute atomic E-state index is 14.1. The van der Waals surface area contributed by atoms with Gasteiger partial charge in [0.2, 0.25) is 5.78 Å². The molecular weight excluding hydrogens is 432 g/mol. The minimum Gasteiger partial charge on any atom is -0.457 e. The van der Waals surface area contributed by atoms with E-state index in [2.05, 4.69) is 15.1 Å². The van der Waals surface area contributed by atoms with Crippen LogP contribution in [0.4, 0.5) is 8.78 Å². The van der Waals surface area contributed by atoms with Crippen molar-refractivity contribution in [1.82, 2.24) is 19.7 Å². The molecule has 0 unspecified atom stereocenters. The Bertz CT molecular complexity index is 1110. The molecule has 0 aliphatic heterocycles. The van der Waals surface area contributed by atoms with Crippen LogP contribution in [0.3, 0.4) is 0 Å². The topological polar surface area (TPSA) is 113 Å². The summed E-state index contributed by atoms with van der Waals surface area (Å²) in [6.07, 6.45) is 1.40. The predicted molar refractivity (Wildman–Crippen MR) is 107 cm³/mol. The predicted octanol–water partition coefficient (Wildman–Crippen LogP) is 2.78. The summed E-state index contributed by atoms with van der Waals surface area (Å²) in [5.41, 5.74) is 5.78. The van der Waals surface area contributed by atoms with Crippen LogP contribution in [0.1, 0.15) is 28.9 Å². The maximum atomic E-state index is 14.1. The van der Waals surface area contributed by atoms with E-state index in [0.717, 1.165) is 6.20 Å². The van der Waals surface area contributed by atoms with Crippen molar-refractivity contribution < 1.29 is 23.1 Å². The van der Waals surface area contributed by atoms with E-state index in [9.17, 15) is 18.4 Å². The van der Waals surface area contributed by atoms with E-state index in [-0.39, 0.29) is 35.7 Å². The Morgan fingerprint density at radius 3 is 2.68 bits per heavy atom. The smallest absolute Gasteiger partial charge is 0.306 e. The molecule has 31 heavy (non-hydrogen) atoms. The second-order valence-corrected chi connectivity index (χ2v) is 6.83. The molecule has 3 rings (SSSR count). The zero-order valence-corrected chi connectivity index (χ0v) is 17.0. The molecule has 0 saturated carbocycles. The summed E-state index contributed by atoms with van der Waals surface area (Å²) >= 11 is 5.71. The molecule has 0 fully saturated rings. The molecular formula is C20H18ClF2N5O3. The van der Waals surface area contributed by atoms with Crippen molar-refractivity contribution in [2.24, 2.45) is 5.73 Å². The normalized spacial score (nSPS) is 10.8. The standard InChI is InChI=1S/C20H18ClF2N5O3/c21-19-14(23)9-25-20(26-19)15-8-16(17(29)11-31-18(30)6-3-7-24)28(27-15)10-12-4-1-2-5-13(12)22/h1-2,4-5,8-9H,3,6-7,10-11,24H2. The van der Waals surface area contributed by atoms with Crippen LogP contribution in [-0.2, 0) is 16.1 Å². The lowest BCUT2D eigenvalue weighted by atomic mass is 10.2. The number of aromatic nitrogens is 4. The number of hydrogen-bond donors (Lipinski definition) is 1. The second-order valence-electron chi connectivity index (χ2n) is 6.47. The molecule has 0 amide bonds. The fourth-order valence-corrected chi connectivity index (χ4v) is 2.80. The van der Waals surface area contributed by atoms with Crippen LogP contribution in [0, 0.1) is 11.6 Å². The van der Waals surface area contributed by atoms with Gasteiger partial charge < -0.3 is 10.5 Å². The molecule has 0 aliphatic rings. The number of carbonyl (C=O) groups is 2. The van der Waals surface area contributed by atoms with Crippen molar-refractivity contribution >= 4 is 23.4 Å².